The second-order valence-electron chi connectivity index (χ2n) is 6.09. The van der Waals surface area contributed by atoms with Crippen LogP contribution in [0.5, 0.6) is 0 Å². The van der Waals surface area contributed by atoms with Crippen molar-refractivity contribution < 1.29 is 4.79 Å². The minimum Gasteiger partial charge on any atom is -0.340 e. The lowest BCUT2D eigenvalue weighted by Gasteiger charge is -2.15. The molecule has 3 N–H and O–H groups in total. The molecule has 5 nitrogen and oxygen atoms in total. The second-order valence-corrected chi connectivity index (χ2v) is 6.09. The van der Waals surface area contributed by atoms with E-state index in [2.05, 4.69) is 53.0 Å². The number of pyridine rings is 1. The van der Waals surface area contributed by atoms with Gasteiger partial charge in [-0.1, -0.05) is 32.0 Å². The Kier molecular flexibility index (Phi) is 4.99. The van der Waals surface area contributed by atoms with Crippen molar-refractivity contribution in [3.05, 3.63) is 47.7 Å². The molecule has 0 atom stereocenters. The van der Waals surface area contributed by atoms with Crippen LogP contribution >= 0.6 is 0 Å². The number of carbonyl (C=O) groups is 1. The Balaban J connectivity index is 1.69. The molecule has 1 aliphatic carbocycles. The fourth-order valence-electron chi connectivity index (χ4n) is 2.65. The van der Waals surface area contributed by atoms with Crippen molar-refractivity contribution in [3.63, 3.8) is 0 Å². The van der Waals surface area contributed by atoms with Gasteiger partial charge in [0.05, 0.1) is 11.9 Å². The number of benzene rings is 1. The highest BCUT2D eigenvalue weighted by Crippen LogP contribution is 2.26. The predicted molar refractivity (Wildman–Crippen MR) is 97.9 cm³/mol. The molecule has 1 aliphatic rings. The third kappa shape index (κ3) is 4.04. The van der Waals surface area contributed by atoms with Crippen molar-refractivity contribution in [1.82, 2.24) is 10.3 Å². The highest BCUT2D eigenvalue weighted by atomic mass is 16.2. The monoisotopic (exact) mass is 324 g/mol. The van der Waals surface area contributed by atoms with E-state index in [1.165, 1.54) is 11.1 Å². The number of amides is 2. The Morgan fingerprint density at radius 3 is 2.38 bits per heavy atom. The first-order chi connectivity index (χ1) is 11.7. The first kappa shape index (κ1) is 16.3. The Morgan fingerprint density at radius 1 is 1.12 bits per heavy atom. The summed E-state index contributed by atoms with van der Waals surface area (Å²) in [6.45, 7) is 4.30. The first-order valence-corrected chi connectivity index (χ1v) is 8.61. The molecule has 126 valence electrons. The van der Waals surface area contributed by atoms with Crippen LogP contribution in [0, 0.1) is 0 Å². The molecule has 0 unspecified atom stereocenters. The summed E-state index contributed by atoms with van der Waals surface area (Å²) in [5.74, 6) is 0.777. The maximum atomic E-state index is 11.7. The van der Waals surface area contributed by atoms with Gasteiger partial charge in [0.25, 0.3) is 0 Å². The molecule has 1 heterocycles. The van der Waals surface area contributed by atoms with Crippen LogP contribution in [-0.2, 0) is 12.8 Å². The molecule has 1 saturated carbocycles. The van der Waals surface area contributed by atoms with Crippen LogP contribution in [0.4, 0.5) is 22.0 Å². The minimum absolute atomic E-state index is 0.162. The highest BCUT2D eigenvalue weighted by molar-refractivity contribution is 5.89. The summed E-state index contributed by atoms with van der Waals surface area (Å²) in [4.78, 5) is 16.2. The maximum absolute atomic E-state index is 11.7. The highest BCUT2D eigenvalue weighted by Gasteiger charge is 2.23. The van der Waals surface area contributed by atoms with Crippen LogP contribution in [0.1, 0.15) is 37.8 Å². The van der Waals surface area contributed by atoms with Crippen LogP contribution < -0.4 is 16.0 Å². The average molecular weight is 324 g/mol. The Morgan fingerprint density at radius 2 is 1.83 bits per heavy atom. The van der Waals surface area contributed by atoms with E-state index >= 15 is 0 Å². The fraction of sp³-hybridized carbons (Fsp3) is 0.368. The van der Waals surface area contributed by atoms with Gasteiger partial charge in [-0.25, -0.2) is 9.78 Å². The SMILES string of the molecule is CCc1cccc(CC)c1Nc1ccc(NC(=O)NC2CC2)cn1. The van der Waals surface area contributed by atoms with Gasteiger partial charge < -0.3 is 16.0 Å². The first-order valence-electron chi connectivity index (χ1n) is 8.61. The van der Waals surface area contributed by atoms with Crippen LogP contribution in [0.15, 0.2) is 36.5 Å². The lowest BCUT2D eigenvalue weighted by Crippen LogP contribution is -2.30. The largest absolute Gasteiger partial charge is 0.340 e. The van der Waals surface area contributed by atoms with Gasteiger partial charge in [0.2, 0.25) is 0 Å². The summed E-state index contributed by atoms with van der Waals surface area (Å²) in [5.41, 5.74) is 4.39. The molecule has 1 aromatic carbocycles. The Labute approximate surface area is 142 Å². The quantitative estimate of drug-likeness (QED) is 0.745. The number of hydrogen-bond acceptors (Lipinski definition) is 3. The van der Waals surface area contributed by atoms with Gasteiger partial charge in [-0.15, -0.1) is 0 Å². The van der Waals surface area contributed by atoms with Crippen LogP contribution in [0.25, 0.3) is 0 Å². The number of nitrogens with zero attached hydrogens (tertiary/aromatic N) is 1. The molecule has 0 radical (unpaired) electrons. The van der Waals surface area contributed by atoms with Crippen molar-refractivity contribution in [3.8, 4) is 0 Å². The lowest BCUT2D eigenvalue weighted by atomic mass is 10.0. The van der Waals surface area contributed by atoms with Gasteiger partial charge in [-0.05, 0) is 48.9 Å². The molecular formula is C19H24N4O. The number of aryl methyl sites for hydroxylation is 2. The van der Waals surface area contributed by atoms with Crippen LogP contribution in [0.3, 0.4) is 0 Å². The molecule has 0 spiro atoms. The van der Waals surface area contributed by atoms with E-state index in [0.717, 1.165) is 37.2 Å². The van der Waals surface area contributed by atoms with Crippen LogP contribution in [-0.4, -0.2) is 17.1 Å². The number of urea groups is 1. The van der Waals surface area contributed by atoms with E-state index in [0.29, 0.717) is 11.7 Å². The summed E-state index contributed by atoms with van der Waals surface area (Å²) in [5, 5.41) is 9.13. The van der Waals surface area contributed by atoms with E-state index in [9.17, 15) is 4.79 Å². The molecule has 2 amide bonds. The van der Waals surface area contributed by atoms with Gasteiger partial charge in [0.1, 0.15) is 5.82 Å². The molecule has 5 heteroatoms. The summed E-state index contributed by atoms with van der Waals surface area (Å²) in [7, 11) is 0. The standard InChI is InChI=1S/C19H24N4O/c1-3-13-6-5-7-14(4-2)18(13)23-17-11-10-16(12-20-17)22-19(24)21-15-8-9-15/h5-7,10-12,15H,3-4,8-9H2,1-2H3,(H,20,23)(H2,21,22,24). The van der Waals surface area contributed by atoms with Crippen LogP contribution in [0.2, 0.25) is 0 Å². The van der Waals surface area contributed by atoms with Crippen molar-refractivity contribution in [2.45, 2.75) is 45.6 Å². The van der Waals surface area contributed by atoms with Gasteiger partial charge in [-0.2, -0.15) is 0 Å². The zero-order chi connectivity index (χ0) is 16.9. The van der Waals surface area contributed by atoms with Crippen molar-refractivity contribution in [2.24, 2.45) is 0 Å². The number of aromatic nitrogens is 1. The molecule has 1 aromatic heterocycles. The summed E-state index contributed by atoms with van der Waals surface area (Å²) >= 11 is 0. The van der Waals surface area contributed by atoms with E-state index in [4.69, 9.17) is 0 Å². The minimum atomic E-state index is -0.162. The maximum Gasteiger partial charge on any atom is 0.319 e. The number of anilines is 3. The smallest absolute Gasteiger partial charge is 0.319 e. The third-order valence-corrected chi connectivity index (χ3v) is 4.19. The fourth-order valence-corrected chi connectivity index (χ4v) is 2.65. The molecule has 24 heavy (non-hydrogen) atoms. The Bertz CT molecular complexity index is 686. The number of nitrogens with one attached hydrogen (secondary N) is 3. The van der Waals surface area contributed by atoms with Gasteiger partial charge >= 0.3 is 6.03 Å². The van der Waals surface area contributed by atoms with E-state index in [1.54, 1.807) is 6.20 Å². The predicted octanol–water partition coefficient (Wildman–Crippen LogP) is 4.23. The molecule has 2 aromatic rings. The number of hydrogen-bond donors (Lipinski definition) is 3. The lowest BCUT2D eigenvalue weighted by molar-refractivity contribution is 0.251. The number of para-hydroxylation sites is 1. The van der Waals surface area contributed by atoms with Gasteiger partial charge in [-0.3, -0.25) is 0 Å². The normalized spacial score (nSPS) is 13.4. The number of rotatable bonds is 6. The topological polar surface area (TPSA) is 66.0 Å². The van der Waals surface area contributed by atoms with E-state index in [1.807, 2.05) is 12.1 Å². The molecule has 3 rings (SSSR count). The zero-order valence-corrected chi connectivity index (χ0v) is 14.2. The van der Waals surface area contributed by atoms with Gasteiger partial charge in [0, 0.05) is 11.7 Å². The van der Waals surface area contributed by atoms with Crippen molar-refractivity contribution in [1.29, 1.82) is 0 Å². The Hall–Kier alpha value is -2.56. The summed E-state index contributed by atoms with van der Waals surface area (Å²) in [6.07, 6.45) is 5.76. The molecular weight excluding hydrogens is 300 g/mol. The van der Waals surface area contributed by atoms with E-state index in [-0.39, 0.29) is 6.03 Å². The third-order valence-electron chi connectivity index (χ3n) is 4.19. The second kappa shape index (κ2) is 7.34. The average Bonchev–Trinajstić information content (AvgIpc) is 3.40. The van der Waals surface area contributed by atoms with Gasteiger partial charge in [0.15, 0.2) is 0 Å². The molecule has 0 bridgehead atoms. The van der Waals surface area contributed by atoms with E-state index < -0.39 is 0 Å². The number of carbonyl (C=O) groups excluding carboxylic acids is 1. The molecule has 0 saturated heterocycles. The molecule has 0 aliphatic heterocycles. The molecule has 1 fully saturated rings. The van der Waals surface area contributed by atoms with Crippen molar-refractivity contribution in [2.75, 3.05) is 10.6 Å². The zero-order valence-electron chi connectivity index (χ0n) is 14.2. The summed E-state index contributed by atoms with van der Waals surface area (Å²) < 4.78 is 0. The van der Waals surface area contributed by atoms with Crippen molar-refractivity contribution >= 4 is 23.2 Å². The summed E-state index contributed by atoms with van der Waals surface area (Å²) in [6, 6.07) is 10.3.